The van der Waals surface area contributed by atoms with E-state index in [1.54, 1.807) is 7.05 Å². The van der Waals surface area contributed by atoms with Crippen LogP contribution < -0.4 is 16.0 Å². The van der Waals surface area contributed by atoms with Gasteiger partial charge < -0.3 is 20.4 Å². The SMILES string of the molecule is CN=C(NCCNC(C)(C)C)NC(C)c1cc2ccccc2o1. The molecule has 0 radical (unpaired) electrons. The highest BCUT2D eigenvalue weighted by Gasteiger charge is 2.13. The number of guanidine groups is 1. The third-order valence-electron chi connectivity index (χ3n) is 3.52. The van der Waals surface area contributed by atoms with Crippen LogP contribution in [0.25, 0.3) is 11.0 Å². The summed E-state index contributed by atoms with van der Waals surface area (Å²) < 4.78 is 5.89. The molecule has 0 bridgehead atoms. The number of fused-ring (bicyclic) bond motifs is 1. The molecule has 23 heavy (non-hydrogen) atoms. The minimum absolute atomic E-state index is 0.0455. The number of rotatable bonds is 5. The molecule has 0 aliphatic carbocycles. The van der Waals surface area contributed by atoms with Crippen molar-refractivity contribution in [1.82, 2.24) is 16.0 Å². The summed E-state index contributed by atoms with van der Waals surface area (Å²) in [6, 6.07) is 10.2. The minimum Gasteiger partial charge on any atom is -0.459 e. The fraction of sp³-hybridized carbons (Fsp3) is 0.500. The van der Waals surface area contributed by atoms with E-state index in [4.69, 9.17) is 4.42 Å². The lowest BCUT2D eigenvalue weighted by molar-refractivity contribution is 0.427. The van der Waals surface area contributed by atoms with Crippen molar-refractivity contribution in [2.45, 2.75) is 39.3 Å². The topological polar surface area (TPSA) is 61.6 Å². The van der Waals surface area contributed by atoms with Gasteiger partial charge in [-0.2, -0.15) is 0 Å². The van der Waals surface area contributed by atoms with Gasteiger partial charge in [0.15, 0.2) is 5.96 Å². The number of hydrogen-bond donors (Lipinski definition) is 3. The molecule has 0 spiro atoms. The van der Waals surface area contributed by atoms with E-state index in [0.29, 0.717) is 0 Å². The summed E-state index contributed by atoms with van der Waals surface area (Å²) in [6.07, 6.45) is 0. The molecule has 5 nitrogen and oxygen atoms in total. The number of hydrogen-bond acceptors (Lipinski definition) is 3. The molecule has 3 N–H and O–H groups in total. The monoisotopic (exact) mass is 316 g/mol. The Morgan fingerprint density at radius 1 is 1.22 bits per heavy atom. The molecule has 126 valence electrons. The Labute approximate surface area is 138 Å². The second-order valence-electron chi connectivity index (χ2n) is 6.73. The normalized spacial score (nSPS) is 14.0. The van der Waals surface area contributed by atoms with Crippen LogP contribution in [0.2, 0.25) is 0 Å². The molecular formula is C18H28N4O. The summed E-state index contributed by atoms with van der Waals surface area (Å²) in [5.74, 6) is 1.68. The van der Waals surface area contributed by atoms with E-state index in [9.17, 15) is 0 Å². The van der Waals surface area contributed by atoms with Crippen molar-refractivity contribution < 1.29 is 4.42 Å². The van der Waals surface area contributed by atoms with Gasteiger partial charge in [0.25, 0.3) is 0 Å². The highest BCUT2D eigenvalue weighted by atomic mass is 16.3. The third kappa shape index (κ3) is 5.28. The van der Waals surface area contributed by atoms with Crippen LogP contribution in [0.15, 0.2) is 39.7 Å². The number of nitrogens with zero attached hydrogens (tertiary/aromatic N) is 1. The van der Waals surface area contributed by atoms with Crippen LogP contribution in [0.1, 0.15) is 39.5 Å². The van der Waals surface area contributed by atoms with Gasteiger partial charge in [-0.3, -0.25) is 4.99 Å². The number of benzene rings is 1. The molecular weight excluding hydrogens is 288 g/mol. The number of aliphatic imine (C=N–C) groups is 1. The van der Waals surface area contributed by atoms with Gasteiger partial charge in [0.1, 0.15) is 11.3 Å². The standard InChI is InChI=1S/C18H28N4O/c1-13(16-12-14-8-6-7-9-15(14)23-16)22-17(19-5)20-10-11-21-18(2,3)4/h6-9,12-13,21H,10-11H2,1-5H3,(H2,19,20,22). The predicted octanol–water partition coefficient (Wildman–Crippen LogP) is 3.05. The lowest BCUT2D eigenvalue weighted by Gasteiger charge is -2.21. The van der Waals surface area contributed by atoms with Crippen LogP contribution in [-0.4, -0.2) is 31.6 Å². The van der Waals surface area contributed by atoms with Gasteiger partial charge in [0, 0.05) is 31.1 Å². The zero-order valence-electron chi connectivity index (χ0n) is 14.7. The van der Waals surface area contributed by atoms with Crippen LogP contribution in [0.5, 0.6) is 0 Å². The summed E-state index contributed by atoms with van der Waals surface area (Å²) >= 11 is 0. The van der Waals surface area contributed by atoms with Crippen LogP contribution in [0.4, 0.5) is 0 Å². The highest BCUT2D eigenvalue weighted by Crippen LogP contribution is 2.23. The fourth-order valence-corrected chi connectivity index (χ4v) is 2.31. The summed E-state index contributed by atoms with van der Waals surface area (Å²) in [4.78, 5) is 4.27. The molecule has 1 atom stereocenters. The van der Waals surface area contributed by atoms with Crippen LogP contribution in [0, 0.1) is 0 Å². The van der Waals surface area contributed by atoms with Gasteiger partial charge in [-0.05, 0) is 39.8 Å². The maximum atomic E-state index is 5.89. The average Bonchev–Trinajstić information content (AvgIpc) is 2.93. The van der Waals surface area contributed by atoms with Gasteiger partial charge in [-0.1, -0.05) is 18.2 Å². The molecule has 5 heteroatoms. The first-order valence-corrected chi connectivity index (χ1v) is 8.10. The van der Waals surface area contributed by atoms with Crippen LogP contribution >= 0.6 is 0 Å². The average molecular weight is 316 g/mol. The van der Waals surface area contributed by atoms with E-state index in [2.05, 4.69) is 60.8 Å². The Morgan fingerprint density at radius 2 is 1.96 bits per heavy atom. The lowest BCUT2D eigenvalue weighted by atomic mass is 10.1. The molecule has 1 heterocycles. The van der Waals surface area contributed by atoms with Crippen molar-refractivity contribution >= 4 is 16.9 Å². The molecule has 2 rings (SSSR count). The molecule has 0 aliphatic rings. The fourth-order valence-electron chi connectivity index (χ4n) is 2.31. The van der Waals surface area contributed by atoms with Crippen molar-refractivity contribution in [3.05, 3.63) is 36.1 Å². The number of para-hydroxylation sites is 1. The second kappa shape index (κ2) is 7.51. The molecule has 0 saturated heterocycles. The maximum Gasteiger partial charge on any atom is 0.191 e. The van der Waals surface area contributed by atoms with E-state index >= 15 is 0 Å². The van der Waals surface area contributed by atoms with E-state index in [-0.39, 0.29) is 11.6 Å². The van der Waals surface area contributed by atoms with Gasteiger partial charge in [0.2, 0.25) is 0 Å². The Balaban J connectivity index is 1.88. The zero-order valence-corrected chi connectivity index (χ0v) is 14.7. The largest absolute Gasteiger partial charge is 0.459 e. The first kappa shape index (κ1) is 17.3. The lowest BCUT2D eigenvalue weighted by Crippen LogP contribution is -2.44. The van der Waals surface area contributed by atoms with E-state index in [1.807, 2.05) is 18.2 Å². The van der Waals surface area contributed by atoms with Crippen molar-refractivity contribution in [1.29, 1.82) is 0 Å². The Bertz CT molecular complexity index is 621. The molecule has 2 aromatic rings. The molecule has 1 aromatic heterocycles. The van der Waals surface area contributed by atoms with E-state index in [0.717, 1.165) is 35.8 Å². The summed E-state index contributed by atoms with van der Waals surface area (Å²) in [6.45, 7) is 10.2. The highest BCUT2D eigenvalue weighted by molar-refractivity contribution is 5.81. The predicted molar refractivity (Wildman–Crippen MR) is 96.9 cm³/mol. The van der Waals surface area contributed by atoms with Gasteiger partial charge >= 0.3 is 0 Å². The molecule has 1 unspecified atom stereocenters. The smallest absolute Gasteiger partial charge is 0.191 e. The van der Waals surface area contributed by atoms with Crippen molar-refractivity contribution in [3.8, 4) is 0 Å². The van der Waals surface area contributed by atoms with Crippen molar-refractivity contribution in [2.24, 2.45) is 4.99 Å². The van der Waals surface area contributed by atoms with Crippen molar-refractivity contribution in [2.75, 3.05) is 20.1 Å². The Hall–Kier alpha value is -2.01. The van der Waals surface area contributed by atoms with E-state index in [1.165, 1.54) is 0 Å². The Morgan fingerprint density at radius 3 is 2.61 bits per heavy atom. The summed E-state index contributed by atoms with van der Waals surface area (Å²) in [5, 5.41) is 11.2. The van der Waals surface area contributed by atoms with Crippen LogP contribution in [0.3, 0.4) is 0 Å². The second-order valence-corrected chi connectivity index (χ2v) is 6.73. The maximum absolute atomic E-state index is 5.89. The number of nitrogens with one attached hydrogen (secondary N) is 3. The van der Waals surface area contributed by atoms with Crippen LogP contribution in [-0.2, 0) is 0 Å². The third-order valence-corrected chi connectivity index (χ3v) is 3.52. The first-order chi connectivity index (χ1) is 10.9. The Kier molecular flexibility index (Phi) is 5.66. The van der Waals surface area contributed by atoms with Gasteiger partial charge in [0.05, 0.1) is 6.04 Å². The first-order valence-electron chi connectivity index (χ1n) is 8.10. The molecule has 0 aliphatic heterocycles. The molecule has 0 amide bonds. The van der Waals surface area contributed by atoms with E-state index < -0.39 is 0 Å². The summed E-state index contributed by atoms with van der Waals surface area (Å²) in [5.41, 5.74) is 1.04. The quantitative estimate of drug-likeness (QED) is 0.451. The summed E-state index contributed by atoms with van der Waals surface area (Å²) in [7, 11) is 1.78. The number of furan rings is 1. The zero-order chi connectivity index (χ0) is 16.9. The van der Waals surface area contributed by atoms with Gasteiger partial charge in [-0.25, -0.2) is 0 Å². The van der Waals surface area contributed by atoms with Crippen molar-refractivity contribution in [3.63, 3.8) is 0 Å². The van der Waals surface area contributed by atoms with Gasteiger partial charge in [-0.15, -0.1) is 0 Å². The molecule has 0 fully saturated rings. The minimum atomic E-state index is 0.0455. The molecule has 0 saturated carbocycles. The molecule has 1 aromatic carbocycles.